The van der Waals surface area contributed by atoms with Crippen molar-refractivity contribution < 1.29 is 18.0 Å². The molecule has 0 radical (unpaired) electrons. The summed E-state index contributed by atoms with van der Waals surface area (Å²) in [5.41, 5.74) is 1.22. The van der Waals surface area contributed by atoms with Crippen LogP contribution in [0, 0.1) is 5.92 Å². The maximum Gasteiger partial charge on any atom is 0.246 e. The third-order valence-corrected chi connectivity index (χ3v) is 6.46. The molecule has 1 aliphatic rings. The van der Waals surface area contributed by atoms with E-state index in [4.69, 9.17) is 11.6 Å². The van der Waals surface area contributed by atoms with Gasteiger partial charge in [-0.05, 0) is 42.7 Å². The van der Waals surface area contributed by atoms with Crippen molar-refractivity contribution in [1.29, 1.82) is 0 Å². The lowest BCUT2D eigenvalue weighted by Gasteiger charge is -2.30. The standard InChI is InChI=1S/C22H23ClN2O4S/c1-30(28,29)18-8-9-19(23)20(15-18)24-22(27)17-11-13-25(14-12-17)21(26)10-7-16-5-3-2-4-6-16/h2-10,15,17H,11-14H2,1H3,(H,24,27)/b10-7+. The van der Waals surface area contributed by atoms with Gasteiger partial charge in [0.15, 0.2) is 9.84 Å². The summed E-state index contributed by atoms with van der Waals surface area (Å²) < 4.78 is 23.5. The second-order valence-corrected chi connectivity index (χ2v) is 9.67. The molecular formula is C22H23ClN2O4S. The molecule has 1 saturated heterocycles. The summed E-state index contributed by atoms with van der Waals surface area (Å²) in [7, 11) is -3.41. The molecule has 158 valence electrons. The summed E-state index contributed by atoms with van der Waals surface area (Å²) in [4.78, 5) is 26.8. The number of benzene rings is 2. The highest BCUT2D eigenvalue weighted by molar-refractivity contribution is 7.90. The van der Waals surface area contributed by atoms with Crippen LogP contribution in [0.4, 0.5) is 5.69 Å². The van der Waals surface area contributed by atoms with E-state index in [0.29, 0.717) is 25.9 Å². The van der Waals surface area contributed by atoms with Crippen molar-refractivity contribution in [3.63, 3.8) is 0 Å². The molecule has 0 unspecified atom stereocenters. The van der Waals surface area contributed by atoms with Gasteiger partial charge in [0.1, 0.15) is 0 Å². The number of anilines is 1. The van der Waals surface area contributed by atoms with Crippen molar-refractivity contribution >= 4 is 45.0 Å². The fourth-order valence-corrected chi connectivity index (χ4v) is 4.08. The van der Waals surface area contributed by atoms with Crippen LogP contribution in [-0.2, 0) is 19.4 Å². The molecule has 0 aliphatic carbocycles. The van der Waals surface area contributed by atoms with E-state index in [-0.39, 0.29) is 33.3 Å². The number of rotatable bonds is 5. The Morgan fingerprint density at radius 2 is 1.77 bits per heavy atom. The fraction of sp³-hybridized carbons (Fsp3) is 0.273. The van der Waals surface area contributed by atoms with Crippen LogP contribution in [0.15, 0.2) is 59.5 Å². The number of halogens is 1. The van der Waals surface area contributed by atoms with E-state index < -0.39 is 9.84 Å². The minimum atomic E-state index is -3.41. The number of carbonyl (C=O) groups excluding carboxylic acids is 2. The predicted molar refractivity (Wildman–Crippen MR) is 118 cm³/mol. The summed E-state index contributed by atoms with van der Waals surface area (Å²) in [5.74, 6) is -0.582. The molecule has 1 fully saturated rings. The van der Waals surface area contributed by atoms with Crippen LogP contribution in [0.2, 0.25) is 5.02 Å². The van der Waals surface area contributed by atoms with Crippen molar-refractivity contribution in [3.05, 3.63) is 65.2 Å². The highest BCUT2D eigenvalue weighted by atomic mass is 35.5. The number of hydrogen-bond donors (Lipinski definition) is 1. The topological polar surface area (TPSA) is 83.6 Å². The van der Waals surface area contributed by atoms with Gasteiger partial charge >= 0.3 is 0 Å². The van der Waals surface area contributed by atoms with Crippen molar-refractivity contribution in [1.82, 2.24) is 4.90 Å². The lowest BCUT2D eigenvalue weighted by atomic mass is 9.95. The molecule has 1 aliphatic heterocycles. The smallest absolute Gasteiger partial charge is 0.246 e. The maximum absolute atomic E-state index is 12.6. The minimum absolute atomic E-state index is 0.0818. The normalized spacial score (nSPS) is 15.3. The van der Waals surface area contributed by atoms with Crippen molar-refractivity contribution in [2.45, 2.75) is 17.7 Å². The van der Waals surface area contributed by atoms with Crippen LogP contribution in [0.5, 0.6) is 0 Å². The number of nitrogens with zero attached hydrogens (tertiary/aromatic N) is 1. The van der Waals surface area contributed by atoms with Crippen LogP contribution in [-0.4, -0.2) is 44.5 Å². The van der Waals surface area contributed by atoms with Crippen molar-refractivity contribution in [3.8, 4) is 0 Å². The largest absolute Gasteiger partial charge is 0.339 e. The van der Waals surface area contributed by atoms with Gasteiger partial charge in [-0.25, -0.2) is 8.42 Å². The van der Waals surface area contributed by atoms with Crippen molar-refractivity contribution in [2.24, 2.45) is 5.92 Å². The number of sulfone groups is 1. The second kappa shape index (κ2) is 9.45. The first-order valence-corrected chi connectivity index (χ1v) is 11.8. The molecule has 8 heteroatoms. The lowest BCUT2D eigenvalue weighted by molar-refractivity contribution is -0.130. The van der Waals surface area contributed by atoms with Gasteiger partial charge in [-0.1, -0.05) is 41.9 Å². The van der Waals surface area contributed by atoms with Gasteiger partial charge in [0.2, 0.25) is 11.8 Å². The number of likely N-dealkylation sites (tertiary alicyclic amines) is 1. The molecule has 6 nitrogen and oxygen atoms in total. The van der Waals surface area contributed by atoms with E-state index in [1.807, 2.05) is 30.3 Å². The number of hydrogen-bond acceptors (Lipinski definition) is 4. The van der Waals surface area contributed by atoms with Gasteiger partial charge in [-0.3, -0.25) is 9.59 Å². The Morgan fingerprint density at radius 3 is 2.40 bits per heavy atom. The predicted octanol–water partition coefficient (Wildman–Crippen LogP) is 3.63. The fourth-order valence-electron chi connectivity index (χ4n) is 3.26. The Labute approximate surface area is 181 Å². The Morgan fingerprint density at radius 1 is 1.10 bits per heavy atom. The van der Waals surface area contributed by atoms with Crippen LogP contribution >= 0.6 is 11.6 Å². The Bertz CT molecular complexity index is 1060. The molecule has 1 N–H and O–H groups in total. The first-order chi connectivity index (χ1) is 14.2. The van der Waals surface area contributed by atoms with Gasteiger partial charge in [0, 0.05) is 31.3 Å². The molecule has 0 aromatic heterocycles. The number of nitrogens with one attached hydrogen (secondary N) is 1. The van der Waals surface area contributed by atoms with Gasteiger partial charge in [0.05, 0.1) is 15.6 Å². The van der Waals surface area contributed by atoms with Crippen molar-refractivity contribution in [2.75, 3.05) is 24.7 Å². The molecule has 30 heavy (non-hydrogen) atoms. The van der Waals surface area contributed by atoms with E-state index in [1.165, 1.54) is 18.2 Å². The molecule has 0 bridgehead atoms. The molecule has 3 rings (SSSR count). The van der Waals surface area contributed by atoms with E-state index in [1.54, 1.807) is 17.1 Å². The highest BCUT2D eigenvalue weighted by Crippen LogP contribution is 2.27. The first-order valence-electron chi connectivity index (χ1n) is 9.56. The van der Waals surface area contributed by atoms with Gasteiger partial charge in [-0.15, -0.1) is 0 Å². The molecule has 1 heterocycles. The van der Waals surface area contributed by atoms with E-state index in [9.17, 15) is 18.0 Å². The highest BCUT2D eigenvalue weighted by Gasteiger charge is 2.27. The Hall–Kier alpha value is -2.64. The summed E-state index contributed by atoms with van der Waals surface area (Å²) in [6, 6.07) is 13.8. The van der Waals surface area contributed by atoms with E-state index in [0.717, 1.165) is 11.8 Å². The summed E-state index contributed by atoms with van der Waals surface area (Å²) in [6.45, 7) is 0.959. The summed E-state index contributed by atoms with van der Waals surface area (Å²) in [6.07, 6.45) is 5.48. The molecule has 2 aromatic rings. The zero-order chi connectivity index (χ0) is 21.7. The molecule has 0 spiro atoms. The van der Waals surface area contributed by atoms with Crippen LogP contribution in [0.3, 0.4) is 0 Å². The van der Waals surface area contributed by atoms with E-state index in [2.05, 4.69) is 5.32 Å². The second-order valence-electron chi connectivity index (χ2n) is 7.25. The lowest BCUT2D eigenvalue weighted by Crippen LogP contribution is -2.40. The number of amides is 2. The quantitative estimate of drug-likeness (QED) is 0.711. The van der Waals surface area contributed by atoms with Crippen LogP contribution in [0.1, 0.15) is 18.4 Å². The average molecular weight is 447 g/mol. The number of carbonyl (C=O) groups is 2. The molecular weight excluding hydrogens is 424 g/mol. The van der Waals surface area contributed by atoms with E-state index >= 15 is 0 Å². The van der Waals surface area contributed by atoms with Gasteiger partial charge in [0.25, 0.3) is 0 Å². The SMILES string of the molecule is CS(=O)(=O)c1ccc(Cl)c(NC(=O)C2CCN(C(=O)/C=C/c3ccccc3)CC2)c1. The third kappa shape index (κ3) is 5.70. The molecule has 2 amide bonds. The zero-order valence-electron chi connectivity index (χ0n) is 16.5. The Balaban J connectivity index is 1.57. The van der Waals surface area contributed by atoms with Gasteiger partial charge < -0.3 is 10.2 Å². The molecule has 0 atom stereocenters. The summed E-state index contributed by atoms with van der Waals surface area (Å²) >= 11 is 6.11. The maximum atomic E-state index is 12.6. The Kier molecular flexibility index (Phi) is 6.95. The first kappa shape index (κ1) is 22.1. The van der Waals surface area contributed by atoms with Crippen LogP contribution < -0.4 is 5.32 Å². The molecule has 0 saturated carbocycles. The average Bonchev–Trinajstić information content (AvgIpc) is 2.73. The summed E-state index contributed by atoms with van der Waals surface area (Å²) in [5, 5.41) is 3.00. The monoisotopic (exact) mass is 446 g/mol. The molecule has 2 aromatic carbocycles. The van der Waals surface area contributed by atoms with Gasteiger partial charge in [-0.2, -0.15) is 0 Å². The minimum Gasteiger partial charge on any atom is -0.339 e. The van der Waals surface area contributed by atoms with Crippen LogP contribution in [0.25, 0.3) is 6.08 Å². The third-order valence-electron chi connectivity index (χ3n) is 5.02. The zero-order valence-corrected chi connectivity index (χ0v) is 18.1. The number of piperidine rings is 1.